The Bertz CT molecular complexity index is 972. The van der Waals surface area contributed by atoms with Crippen LogP contribution in [0.5, 0.6) is 0 Å². The van der Waals surface area contributed by atoms with Crippen molar-refractivity contribution in [3.63, 3.8) is 0 Å². The lowest BCUT2D eigenvalue weighted by atomic mass is 10.1. The highest BCUT2D eigenvalue weighted by atomic mass is 32.2. The number of amides is 3. The van der Waals surface area contributed by atoms with Gasteiger partial charge in [0.25, 0.3) is 17.7 Å². The van der Waals surface area contributed by atoms with Gasteiger partial charge in [0, 0.05) is 24.2 Å². The molecule has 0 aromatic heterocycles. The van der Waals surface area contributed by atoms with E-state index in [1.165, 1.54) is 30.8 Å². The molecule has 0 fully saturated rings. The number of nitrogens with zero attached hydrogens (tertiary/aromatic N) is 1. The second kappa shape index (κ2) is 8.91. The lowest BCUT2D eigenvalue weighted by Gasteiger charge is -2.07. The molecule has 2 aromatic carbocycles. The SMILES string of the molecule is Cc1ccc(SCCNC(=O)COC(=O)c2ccc3c(c2)C(=O)N(C)C3=O)cc1. The maximum atomic E-state index is 12.1. The fourth-order valence-corrected chi connectivity index (χ4v) is 3.52. The molecule has 3 rings (SSSR count). The molecule has 8 heteroatoms. The molecule has 7 nitrogen and oxygen atoms in total. The first-order chi connectivity index (χ1) is 13.9. The van der Waals surface area contributed by atoms with Gasteiger partial charge < -0.3 is 10.1 Å². The average Bonchev–Trinajstić information content (AvgIpc) is 2.94. The van der Waals surface area contributed by atoms with Gasteiger partial charge >= 0.3 is 5.97 Å². The minimum absolute atomic E-state index is 0.114. The quantitative estimate of drug-likeness (QED) is 0.325. The zero-order valence-electron chi connectivity index (χ0n) is 16.1. The van der Waals surface area contributed by atoms with Crippen LogP contribution in [0.1, 0.15) is 36.6 Å². The highest BCUT2D eigenvalue weighted by Crippen LogP contribution is 2.23. The number of rotatable bonds is 7. The van der Waals surface area contributed by atoms with Gasteiger partial charge in [0.2, 0.25) is 0 Å². The summed E-state index contributed by atoms with van der Waals surface area (Å²) >= 11 is 1.62. The van der Waals surface area contributed by atoms with Crippen molar-refractivity contribution in [1.29, 1.82) is 0 Å². The smallest absolute Gasteiger partial charge is 0.338 e. The van der Waals surface area contributed by atoms with Crippen molar-refractivity contribution in [2.75, 3.05) is 26.0 Å². The van der Waals surface area contributed by atoms with Crippen molar-refractivity contribution in [1.82, 2.24) is 10.2 Å². The summed E-state index contributed by atoms with van der Waals surface area (Å²) < 4.78 is 5.00. The van der Waals surface area contributed by atoms with Gasteiger partial charge in [-0.2, -0.15) is 0 Å². The van der Waals surface area contributed by atoms with E-state index in [0.717, 1.165) is 9.80 Å². The van der Waals surface area contributed by atoms with E-state index in [4.69, 9.17) is 4.74 Å². The molecule has 29 heavy (non-hydrogen) atoms. The first-order valence-corrected chi connectivity index (χ1v) is 9.95. The van der Waals surface area contributed by atoms with Gasteiger partial charge in [-0.15, -0.1) is 11.8 Å². The number of hydrogen-bond acceptors (Lipinski definition) is 6. The van der Waals surface area contributed by atoms with E-state index >= 15 is 0 Å². The maximum absolute atomic E-state index is 12.1. The van der Waals surface area contributed by atoms with Crippen LogP contribution in [0, 0.1) is 6.92 Å². The number of carbonyl (C=O) groups is 4. The lowest BCUT2D eigenvalue weighted by Crippen LogP contribution is -2.30. The van der Waals surface area contributed by atoms with Crippen LogP contribution in [0.3, 0.4) is 0 Å². The Hall–Kier alpha value is -3.13. The van der Waals surface area contributed by atoms with Crippen molar-refractivity contribution in [3.8, 4) is 0 Å². The molecule has 0 bridgehead atoms. The average molecular weight is 412 g/mol. The Kier molecular flexibility index (Phi) is 6.33. The third kappa shape index (κ3) is 4.83. The summed E-state index contributed by atoms with van der Waals surface area (Å²) in [7, 11) is 1.38. The Labute approximate surface area is 172 Å². The van der Waals surface area contributed by atoms with Crippen LogP contribution in [0.2, 0.25) is 0 Å². The van der Waals surface area contributed by atoms with Crippen LogP contribution in [-0.2, 0) is 9.53 Å². The number of imide groups is 1. The summed E-state index contributed by atoms with van der Waals surface area (Å²) in [5.74, 6) is -1.32. The molecular formula is C21H20N2O5S. The number of fused-ring (bicyclic) bond motifs is 1. The van der Waals surface area contributed by atoms with E-state index in [2.05, 4.69) is 5.32 Å². The third-order valence-electron chi connectivity index (χ3n) is 4.37. The normalized spacial score (nSPS) is 12.7. The number of hydrogen-bond donors (Lipinski definition) is 1. The first kappa shape index (κ1) is 20.6. The molecule has 0 radical (unpaired) electrons. The Morgan fingerprint density at radius 1 is 1.03 bits per heavy atom. The first-order valence-electron chi connectivity index (χ1n) is 8.96. The molecular weight excluding hydrogens is 392 g/mol. The second-order valence-electron chi connectivity index (χ2n) is 6.52. The molecule has 1 aliphatic rings. The van der Waals surface area contributed by atoms with Gasteiger partial charge in [-0.25, -0.2) is 4.79 Å². The highest BCUT2D eigenvalue weighted by Gasteiger charge is 2.33. The maximum Gasteiger partial charge on any atom is 0.338 e. The molecule has 1 aliphatic heterocycles. The van der Waals surface area contributed by atoms with Gasteiger partial charge in [0.1, 0.15) is 0 Å². The second-order valence-corrected chi connectivity index (χ2v) is 7.69. The van der Waals surface area contributed by atoms with E-state index in [1.807, 2.05) is 31.2 Å². The Morgan fingerprint density at radius 2 is 1.72 bits per heavy atom. The molecule has 2 aromatic rings. The Morgan fingerprint density at radius 3 is 2.45 bits per heavy atom. The van der Waals surface area contributed by atoms with E-state index in [1.54, 1.807) is 11.8 Å². The number of benzene rings is 2. The van der Waals surface area contributed by atoms with Crippen LogP contribution < -0.4 is 5.32 Å². The van der Waals surface area contributed by atoms with Crippen molar-refractivity contribution >= 4 is 35.5 Å². The minimum atomic E-state index is -0.730. The monoisotopic (exact) mass is 412 g/mol. The van der Waals surface area contributed by atoms with Crippen LogP contribution in [-0.4, -0.2) is 54.5 Å². The van der Waals surface area contributed by atoms with Gasteiger partial charge in [-0.05, 0) is 37.3 Å². The Balaban J connectivity index is 1.43. The summed E-state index contributed by atoms with van der Waals surface area (Å²) in [6, 6.07) is 12.2. The van der Waals surface area contributed by atoms with E-state index in [9.17, 15) is 19.2 Å². The molecule has 0 aliphatic carbocycles. The predicted molar refractivity (Wildman–Crippen MR) is 108 cm³/mol. The van der Waals surface area contributed by atoms with Crippen molar-refractivity contribution < 1.29 is 23.9 Å². The largest absolute Gasteiger partial charge is 0.452 e. The summed E-state index contributed by atoms with van der Waals surface area (Å²) in [4.78, 5) is 50.0. The fraction of sp³-hybridized carbons (Fsp3) is 0.238. The summed E-state index contributed by atoms with van der Waals surface area (Å²) in [5.41, 5.74) is 1.71. The van der Waals surface area contributed by atoms with Gasteiger partial charge in [0.15, 0.2) is 6.61 Å². The zero-order chi connectivity index (χ0) is 21.0. The molecule has 0 saturated carbocycles. The summed E-state index contributed by atoms with van der Waals surface area (Å²) in [6.07, 6.45) is 0. The number of carbonyl (C=O) groups excluding carboxylic acids is 4. The van der Waals surface area contributed by atoms with Gasteiger partial charge in [-0.3, -0.25) is 19.3 Å². The molecule has 0 unspecified atom stereocenters. The summed E-state index contributed by atoms with van der Waals surface area (Å²) in [5, 5.41) is 2.69. The predicted octanol–water partition coefficient (Wildman–Crippen LogP) is 2.29. The van der Waals surface area contributed by atoms with E-state index in [-0.39, 0.29) is 16.7 Å². The molecule has 1 N–H and O–H groups in total. The van der Waals surface area contributed by atoms with Crippen LogP contribution in [0.15, 0.2) is 47.4 Å². The van der Waals surface area contributed by atoms with Crippen LogP contribution >= 0.6 is 11.8 Å². The minimum Gasteiger partial charge on any atom is -0.452 e. The fourth-order valence-electron chi connectivity index (χ4n) is 2.75. The standard InChI is InChI=1S/C21H20N2O5S/c1-13-3-6-15(7-4-13)29-10-9-22-18(24)12-28-21(27)14-5-8-16-17(11-14)20(26)23(2)19(16)25/h3-8,11H,9-10,12H2,1-2H3,(H,22,24). The molecule has 150 valence electrons. The molecule has 0 spiro atoms. The third-order valence-corrected chi connectivity index (χ3v) is 5.39. The van der Waals surface area contributed by atoms with Gasteiger partial charge in [-0.1, -0.05) is 17.7 Å². The van der Waals surface area contributed by atoms with Gasteiger partial charge in [0.05, 0.1) is 16.7 Å². The summed E-state index contributed by atoms with van der Waals surface area (Å²) in [6.45, 7) is 2.04. The number of nitrogens with one attached hydrogen (secondary N) is 1. The lowest BCUT2D eigenvalue weighted by molar-refractivity contribution is -0.124. The molecule has 0 atom stereocenters. The van der Waals surface area contributed by atoms with E-state index in [0.29, 0.717) is 12.3 Å². The van der Waals surface area contributed by atoms with E-state index < -0.39 is 30.3 Å². The highest BCUT2D eigenvalue weighted by molar-refractivity contribution is 7.99. The molecule has 0 saturated heterocycles. The van der Waals surface area contributed by atoms with Crippen molar-refractivity contribution in [3.05, 3.63) is 64.7 Å². The number of aryl methyl sites for hydroxylation is 1. The number of esters is 1. The topological polar surface area (TPSA) is 92.8 Å². The van der Waals surface area contributed by atoms with Crippen LogP contribution in [0.4, 0.5) is 0 Å². The molecule has 1 heterocycles. The number of thioether (sulfide) groups is 1. The number of ether oxygens (including phenoxy) is 1. The van der Waals surface area contributed by atoms with Crippen molar-refractivity contribution in [2.45, 2.75) is 11.8 Å². The zero-order valence-corrected chi connectivity index (χ0v) is 16.9. The molecule has 3 amide bonds. The van der Waals surface area contributed by atoms with Crippen molar-refractivity contribution in [2.24, 2.45) is 0 Å². The van der Waals surface area contributed by atoms with Crippen LogP contribution in [0.25, 0.3) is 0 Å².